The Morgan fingerprint density at radius 2 is 1.07 bits per heavy atom. The van der Waals surface area contributed by atoms with Gasteiger partial charge in [0.25, 0.3) is 0 Å². The fourth-order valence-corrected chi connectivity index (χ4v) is 14.2. The van der Waals surface area contributed by atoms with Crippen LogP contribution in [-0.4, -0.2) is 79.1 Å². The van der Waals surface area contributed by atoms with Crippen molar-refractivity contribution in [2.24, 2.45) is 0 Å². The fourth-order valence-electron chi connectivity index (χ4n) is 13.4. The smallest absolute Gasteiger partial charge is 0.462 e. The van der Waals surface area contributed by atoms with Crippen molar-refractivity contribution in [2.45, 2.75) is 264 Å². The summed E-state index contributed by atoms with van der Waals surface area (Å²) in [6, 6.07) is 26.2. The molecule has 2 aliphatic heterocycles. The van der Waals surface area contributed by atoms with Gasteiger partial charge in [-0.25, -0.2) is 4.57 Å². The molecule has 1 amide bonds. The van der Waals surface area contributed by atoms with Crippen LogP contribution in [0.15, 0.2) is 109 Å². The van der Waals surface area contributed by atoms with E-state index in [0.717, 1.165) is 57.9 Å². The molecule has 6 rings (SSSR count). The SMILES string of the molecule is CCCCCCCCCCCCCCCC(=O)OC[C@H](COP(=O)(O)OCCNC(=O)CCCCCN1/C(=C/C=C/C=C/C2=[N+](C)c3ccc4ccccc4c3C2(C)C)C(C)(C)c2c1ccc1ccccc21)OC(=O)CCCCCCCCCCCCCCC. The fraction of sp³-hybridized carbons (Fsp3) is 0.610. The number of phosphoric acid groups is 1. The zero-order valence-electron chi connectivity index (χ0n) is 56.6. The Morgan fingerprint density at radius 3 is 1.64 bits per heavy atom. The number of amides is 1. The number of carbonyl (C=O) groups excluding carboxylic acids is 3. The van der Waals surface area contributed by atoms with Gasteiger partial charge in [-0.1, -0.05) is 261 Å². The maximum absolute atomic E-state index is 13.1. The molecule has 13 heteroatoms. The first-order chi connectivity index (χ1) is 43.6. The van der Waals surface area contributed by atoms with E-state index in [9.17, 15) is 23.8 Å². The minimum atomic E-state index is -4.63. The quantitative estimate of drug-likeness (QED) is 0.0144. The molecule has 4 aromatic carbocycles. The van der Waals surface area contributed by atoms with Gasteiger partial charge >= 0.3 is 19.8 Å². The van der Waals surface area contributed by atoms with Crippen molar-refractivity contribution in [3.63, 3.8) is 0 Å². The normalized spacial score (nSPS) is 15.8. The van der Waals surface area contributed by atoms with Gasteiger partial charge in [-0.2, -0.15) is 4.58 Å². The second-order valence-corrected chi connectivity index (χ2v) is 28.0. The summed E-state index contributed by atoms with van der Waals surface area (Å²) in [4.78, 5) is 51.9. The lowest BCUT2D eigenvalue weighted by molar-refractivity contribution is -0.401. The van der Waals surface area contributed by atoms with E-state index >= 15 is 0 Å². The molecular formula is C77H115N3O9P+. The van der Waals surface area contributed by atoms with Crippen molar-refractivity contribution in [2.75, 3.05) is 44.9 Å². The number of phosphoric ester groups is 1. The van der Waals surface area contributed by atoms with E-state index in [2.05, 4.69) is 167 Å². The minimum Gasteiger partial charge on any atom is -0.462 e. The molecule has 4 aromatic rings. The molecule has 0 aliphatic carbocycles. The number of unbranched alkanes of at least 4 members (excludes halogenated alkanes) is 26. The van der Waals surface area contributed by atoms with E-state index in [0.29, 0.717) is 25.7 Å². The summed E-state index contributed by atoms with van der Waals surface area (Å²) in [5.74, 6) is -1.05. The lowest BCUT2D eigenvalue weighted by atomic mass is 9.79. The molecule has 496 valence electrons. The number of hydrogen-bond acceptors (Lipinski definition) is 9. The van der Waals surface area contributed by atoms with Crippen LogP contribution >= 0.6 is 7.82 Å². The number of ether oxygens (including phenoxy) is 2. The lowest BCUT2D eigenvalue weighted by Gasteiger charge is -2.27. The summed E-state index contributed by atoms with van der Waals surface area (Å²) >= 11 is 0. The topological polar surface area (TPSA) is 144 Å². The molecule has 0 aromatic heterocycles. The number of allylic oxidation sites excluding steroid dienone is 6. The van der Waals surface area contributed by atoms with Crippen LogP contribution in [0.3, 0.4) is 0 Å². The van der Waals surface area contributed by atoms with Gasteiger partial charge in [-0.05, 0) is 84.8 Å². The van der Waals surface area contributed by atoms with Crippen LogP contribution < -0.4 is 10.2 Å². The van der Waals surface area contributed by atoms with Gasteiger partial charge in [0.15, 0.2) is 11.8 Å². The first kappa shape index (κ1) is 73.7. The maximum atomic E-state index is 13.1. The van der Waals surface area contributed by atoms with E-state index in [1.165, 1.54) is 171 Å². The molecule has 2 heterocycles. The number of nitrogens with zero attached hydrogens (tertiary/aromatic N) is 2. The molecule has 1 unspecified atom stereocenters. The molecule has 12 nitrogen and oxygen atoms in total. The second-order valence-electron chi connectivity index (χ2n) is 26.5. The molecule has 0 saturated carbocycles. The predicted octanol–water partition coefficient (Wildman–Crippen LogP) is 20.0. The molecule has 2 aliphatic rings. The van der Waals surface area contributed by atoms with E-state index < -0.39 is 32.5 Å². The number of hydrogen-bond donors (Lipinski definition) is 2. The first-order valence-corrected chi connectivity index (χ1v) is 36.8. The van der Waals surface area contributed by atoms with Gasteiger partial charge in [-0.15, -0.1) is 0 Å². The van der Waals surface area contributed by atoms with E-state index in [1.807, 2.05) is 0 Å². The van der Waals surface area contributed by atoms with Crippen LogP contribution in [0.4, 0.5) is 11.4 Å². The highest BCUT2D eigenvalue weighted by atomic mass is 31.2. The highest BCUT2D eigenvalue weighted by molar-refractivity contribution is 7.47. The highest BCUT2D eigenvalue weighted by Crippen LogP contribution is 2.51. The van der Waals surface area contributed by atoms with Crippen molar-refractivity contribution in [1.29, 1.82) is 0 Å². The molecule has 90 heavy (non-hydrogen) atoms. The second kappa shape index (κ2) is 39.9. The number of benzene rings is 4. The summed E-state index contributed by atoms with van der Waals surface area (Å²) < 4.78 is 37.1. The lowest BCUT2D eigenvalue weighted by Crippen LogP contribution is -2.30. The van der Waals surface area contributed by atoms with Gasteiger partial charge in [0.1, 0.15) is 13.7 Å². The third kappa shape index (κ3) is 23.9. The zero-order chi connectivity index (χ0) is 64.5. The Bertz CT molecular complexity index is 3010. The van der Waals surface area contributed by atoms with Gasteiger partial charge in [0, 0.05) is 66.9 Å². The van der Waals surface area contributed by atoms with Gasteiger partial charge in [0.05, 0.1) is 18.6 Å². The molecule has 0 saturated heterocycles. The molecule has 2 N–H and O–H groups in total. The van der Waals surface area contributed by atoms with Crippen LogP contribution in [0, 0.1) is 0 Å². The third-order valence-corrected chi connectivity index (χ3v) is 19.4. The first-order valence-electron chi connectivity index (χ1n) is 35.3. The van der Waals surface area contributed by atoms with Gasteiger partial charge in [-0.3, -0.25) is 23.4 Å². The van der Waals surface area contributed by atoms with Crippen LogP contribution in [-0.2, 0) is 48.3 Å². The largest absolute Gasteiger partial charge is 0.472 e. The number of nitrogens with one attached hydrogen (secondary N) is 1. The Hall–Kier alpha value is -5.39. The Labute approximate surface area is 542 Å². The molecule has 0 radical (unpaired) electrons. The summed E-state index contributed by atoms with van der Waals surface area (Å²) in [7, 11) is -2.46. The van der Waals surface area contributed by atoms with Crippen molar-refractivity contribution in [1.82, 2.24) is 5.32 Å². The average molecular weight is 1260 g/mol. The van der Waals surface area contributed by atoms with Crippen molar-refractivity contribution in [3.8, 4) is 0 Å². The summed E-state index contributed by atoms with van der Waals surface area (Å²) in [6.07, 6.45) is 44.1. The van der Waals surface area contributed by atoms with Crippen LogP contribution in [0.2, 0.25) is 0 Å². The molecule has 0 bridgehead atoms. The van der Waals surface area contributed by atoms with Crippen molar-refractivity contribution < 1.29 is 46.9 Å². The van der Waals surface area contributed by atoms with E-state index in [4.69, 9.17) is 18.5 Å². The minimum absolute atomic E-state index is 0.00416. The van der Waals surface area contributed by atoms with Crippen LogP contribution in [0.1, 0.15) is 258 Å². The predicted molar refractivity (Wildman–Crippen MR) is 373 cm³/mol. The Balaban J connectivity index is 0.919. The number of carbonyl (C=O) groups is 3. The van der Waals surface area contributed by atoms with Crippen LogP contribution in [0.25, 0.3) is 21.5 Å². The van der Waals surface area contributed by atoms with E-state index in [-0.39, 0.29) is 49.3 Å². The summed E-state index contributed by atoms with van der Waals surface area (Å²) in [5, 5.41) is 7.84. The molecule has 0 fully saturated rings. The van der Waals surface area contributed by atoms with Gasteiger partial charge < -0.3 is 24.6 Å². The van der Waals surface area contributed by atoms with Crippen molar-refractivity contribution >= 4 is 64.3 Å². The molecule has 0 spiro atoms. The number of fused-ring (bicyclic) bond motifs is 6. The Kier molecular flexibility index (Phi) is 32.6. The van der Waals surface area contributed by atoms with Crippen LogP contribution in [0.5, 0.6) is 0 Å². The number of esters is 2. The third-order valence-electron chi connectivity index (χ3n) is 18.5. The maximum Gasteiger partial charge on any atom is 0.472 e. The summed E-state index contributed by atoms with van der Waals surface area (Å²) in [5.41, 5.74) is 7.18. The van der Waals surface area contributed by atoms with Gasteiger partial charge in [0.2, 0.25) is 11.6 Å². The summed E-state index contributed by atoms with van der Waals surface area (Å²) in [6.45, 7) is 13.5. The highest BCUT2D eigenvalue weighted by Gasteiger charge is 2.44. The zero-order valence-corrected chi connectivity index (χ0v) is 57.5. The monoisotopic (exact) mass is 1260 g/mol. The van der Waals surface area contributed by atoms with Crippen molar-refractivity contribution in [3.05, 3.63) is 120 Å². The standard InChI is InChI=1S/C77H114N3O9P/c1-8-10-12-14-16-18-20-22-24-26-28-30-37-51-72(82)86-60-64(89-73(83)52-38-31-29-27-25-23-21-19-17-15-13-11-9-2)61-88-90(84,85)87-59-57-78-71(81)50-36-33-43-58-80-68-56-54-63-45-40-42-47-66(63)75(68)77(5,6)70(80)49-35-32-34-48-69-76(3,4)74-65-46-41-39-44-62(65)53-55-67(74)79(69)7/h32,34-35,39-42,44-49,53-56,64H,8-31,33,36-38,43,50-52,57-61H2,1-7H3,(H-,78,81,84,85)/p+1/t64-/m1/s1. The molecular weight excluding hydrogens is 1140 g/mol. The van der Waals surface area contributed by atoms with E-state index in [1.54, 1.807) is 0 Å². The number of anilines is 1. The molecule has 2 atom stereocenters. The Morgan fingerprint density at radius 1 is 0.567 bits per heavy atom. The average Bonchev–Trinajstić information content (AvgIpc) is 1.61. The number of rotatable bonds is 47.